The van der Waals surface area contributed by atoms with E-state index in [2.05, 4.69) is 45.2 Å². The molecule has 2 aliphatic heterocycles. The summed E-state index contributed by atoms with van der Waals surface area (Å²) in [5.74, 6) is 1.47. The third-order valence-corrected chi connectivity index (χ3v) is 5.84. The highest BCUT2D eigenvalue weighted by Crippen LogP contribution is 2.28. The summed E-state index contributed by atoms with van der Waals surface area (Å²) in [6.45, 7) is 7.55. The number of benzene rings is 1. The predicted molar refractivity (Wildman–Crippen MR) is 113 cm³/mol. The number of nitrogens with zero attached hydrogens (tertiary/aromatic N) is 4. The summed E-state index contributed by atoms with van der Waals surface area (Å²) in [6, 6.07) is 6.19. The SMILES string of the molecule is CN=C(NCc1c(Cl)cccc1N1CCN(C)CC1)N(C)CC1CCOC1. The molecule has 0 radical (unpaired) electrons. The van der Waals surface area contributed by atoms with Gasteiger partial charge in [0.2, 0.25) is 0 Å². The van der Waals surface area contributed by atoms with Crippen LogP contribution in [0.3, 0.4) is 0 Å². The van der Waals surface area contributed by atoms with E-state index in [1.54, 1.807) is 0 Å². The highest BCUT2D eigenvalue weighted by atomic mass is 35.5. The Morgan fingerprint density at radius 3 is 2.78 bits per heavy atom. The lowest BCUT2D eigenvalue weighted by atomic mass is 10.1. The van der Waals surface area contributed by atoms with Gasteiger partial charge in [-0.3, -0.25) is 4.99 Å². The minimum Gasteiger partial charge on any atom is -0.381 e. The molecule has 0 saturated carbocycles. The van der Waals surface area contributed by atoms with Gasteiger partial charge in [-0.2, -0.15) is 0 Å². The summed E-state index contributed by atoms with van der Waals surface area (Å²) in [6.07, 6.45) is 1.12. The zero-order chi connectivity index (χ0) is 19.2. The first-order chi connectivity index (χ1) is 13.1. The first-order valence-electron chi connectivity index (χ1n) is 9.79. The van der Waals surface area contributed by atoms with Gasteiger partial charge in [-0.05, 0) is 25.6 Å². The van der Waals surface area contributed by atoms with Crippen molar-refractivity contribution >= 4 is 23.2 Å². The van der Waals surface area contributed by atoms with Crippen LogP contribution in [0.5, 0.6) is 0 Å². The first-order valence-corrected chi connectivity index (χ1v) is 10.2. The molecule has 3 rings (SSSR count). The van der Waals surface area contributed by atoms with Crippen molar-refractivity contribution in [1.29, 1.82) is 0 Å². The summed E-state index contributed by atoms with van der Waals surface area (Å²) < 4.78 is 5.49. The number of nitrogens with one attached hydrogen (secondary N) is 1. The number of likely N-dealkylation sites (N-methyl/N-ethyl adjacent to an activating group) is 1. The lowest BCUT2D eigenvalue weighted by Crippen LogP contribution is -2.45. The Morgan fingerprint density at radius 2 is 2.11 bits per heavy atom. The van der Waals surface area contributed by atoms with Crippen molar-refractivity contribution in [2.45, 2.75) is 13.0 Å². The van der Waals surface area contributed by atoms with Gasteiger partial charge in [0.25, 0.3) is 0 Å². The Kier molecular flexibility index (Phi) is 7.21. The van der Waals surface area contributed by atoms with E-state index in [0.29, 0.717) is 12.5 Å². The van der Waals surface area contributed by atoms with Gasteiger partial charge in [-0.25, -0.2) is 0 Å². The lowest BCUT2D eigenvalue weighted by molar-refractivity contribution is 0.181. The van der Waals surface area contributed by atoms with Gasteiger partial charge in [0, 0.05) is 82.2 Å². The van der Waals surface area contributed by atoms with Crippen molar-refractivity contribution < 1.29 is 4.74 Å². The summed E-state index contributed by atoms with van der Waals surface area (Å²) >= 11 is 6.57. The fourth-order valence-corrected chi connectivity index (χ4v) is 4.06. The maximum atomic E-state index is 6.57. The summed E-state index contributed by atoms with van der Waals surface area (Å²) in [4.78, 5) is 11.4. The van der Waals surface area contributed by atoms with Gasteiger partial charge in [0.05, 0.1) is 6.61 Å². The van der Waals surface area contributed by atoms with E-state index in [-0.39, 0.29) is 0 Å². The molecule has 0 spiro atoms. The van der Waals surface area contributed by atoms with Gasteiger partial charge in [-0.15, -0.1) is 0 Å². The molecule has 2 aliphatic rings. The van der Waals surface area contributed by atoms with Crippen molar-refractivity contribution in [3.05, 3.63) is 28.8 Å². The molecule has 1 N–H and O–H groups in total. The maximum absolute atomic E-state index is 6.57. The van der Waals surface area contributed by atoms with Crippen LogP contribution in [0.2, 0.25) is 5.02 Å². The fraction of sp³-hybridized carbons (Fsp3) is 0.650. The van der Waals surface area contributed by atoms with Crippen molar-refractivity contribution in [3.63, 3.8) is 0 Å². The van der Waals surface area contributed by atoms with Crippen LogP contribution in [0.25, 0.3) is 0 Å². The van der Waals surface area contributed by atoms with Crippen LogP contribution in [-0.2, 0) is 11.3 Å². The van der Waals surface area contributed by atoms with Gasteiger partial charge in [0.15, 0.2) is 5.96 Å². The standard InChI is InChI=1S/C20H32ClN5O/c1-22-20(25(3)14-16-7-12-27-15-16)23-13-17-18(21)5-4-6-19(17)26-10-8-24(2)9-11-26/h4-6,16H,7-15H2,1-3H3,(H,22,23). The number of anilines is 1. The van der Waals surface area contributed by atoms with Gasteiger partial charge < -0.3 is 24.8 Å². The number of rotatable bonds is 5. The molecule has 2 heterocycles. The molecular formula is C20H32ClN5O. The van der Waals surface area contributed by atoms with E-state index in [1.807, 2.05) is 19.2 Å². The number of guanidine groups is 1. The number of piperazine rings is 1. The quantitative estimate of drug-likeness (QED) is 0.613. The van der Waals surface area contributed by atoms with Crippen LogP contribution in [0.1, 0.15) is 12.0 Å². The largest absolute Gasteiger partial charge is 0.381 e. The molecule has 150 valence electrons. The molecule has 27 heavy (non-hydrogen) atoms. The summed E-state index contributed by atoms with van der Waals surface area (Å²) in [7, 11) is 6.09. The van der Waals surface area contributed by atoms with E-state index < -0.39 is 0 Å². The van der Waals surface area contributed by atoms with Crippen LogP contribution < -0.4 is 10.2 Å². The lowest BCUT2D eigenvalue weighted by Gasteiger charge is -2.35. The number of hydrogen-bond donors (Lipinski definition) is 1. The van der Waals surface area contributed by atoms with Crippen LogP contribution in [-0.4, -0.2) is 82.8 Å². The molecular weight excluding hydrogens is 362 g/mol. The molecule has 1 atom stereocenters. The average Bonchev–Trinajstić information content (AvgIpc) is 3.17. The summed E-state index contributed by atoms with van der Waals surface area (Å²) in [5, 5.41) is 4.31. The fourth-order valence-electron chi connectivity index (χ4n) is 3.82. The predicted octanol–water partition coefficient (Wildman–Crippen LogP) is 2.14. The van der Waals surface area contributed by atoms with E-state index in [4.69, 9.17) is 16.3 Å². The zero-order valence-corrected chi connectivity index (χ0v) is 17.5. The van der Waals surface area contributed by atoms with Gasteiger partial charge in [0.1, 0.15) is 0 Å². The highest BCUT2D eigenvalue weighted by Gasteiger charge is 2.21. The molecule has 0 aromatic heterocycles. The Hall–Kier alpha value is -1.50. The van der Waals surface area contributed by atoms with E-state index >= 15 is 0 Å². The minimum absolute atomic E-state index is 0.578. The summed E-state index contributed by atoms with van der Waals surface area (Å²) in [5.41, 5.74) is 2.37. The maximum Gasteiger partial charge on any atom is 0.193 e. The van der Waals surface area contributed by atoms with Crippen molar-refractivity contribution in [2.24, 2.45) is 10.9 Å². The third-order valence-electron chi connectivity index (χ3n) is 5.49. The second-order valence-corrected chi connectivity index (χ2v) is 7.95. The van der Waals surface area contributed by atoms with Crippen LogP contribution in [0.15, 0.2) is 23.2 Å². The molecule has 2 fully saturated rings. The number of halogens is 1. The van der Waals surface area contributed by atoms with E-state index in [9.17, 15) is 0 Å². The molecule has 0 amide bonds. The Labute approximate surface area is 168 Å². The molecule has 2 saturated heterocycles. The Balaban J connectivity index is 1.65. The molecule has 0 bridgehead atoms. The molecule has 1 aromatic rings. The first kappa shape index (κ1) is 20.2. The molecule has 6 nitrogen and oxygen atoms in total. The second kappa shape index (κ2) is 9.62. The van der Waals surface area contributed by atoms with Crippen LogP contribution >= 0.6 is 11.6 Å². The minimum atomic E-state index is 0.578. The molecule has 1 aromatic carbocycles. The average molecular weight is 394 g/mol. The van der Waals surface area contributed by atoms with E-state index in [1.165, 1.54) is 5.69 Å². The van der Waals surface area contributed by atoms with E-state index in [0.717, 1.165) is 68.9 Å². The van der Waals surface area contributed by atoms with Crippen LogP contribution in [0.4, 0.5) is 5.69 Å². The molecule has 1 unspecified atom stereocenters. The smallest absolute Gasteiger partial charge is 0.193 e. The Bertz CT molecular complexity index is 639. The topological polar surface area (TPSA) is 43.3 Å². The second-order valence-electron chi connectivity index (χ2n) is 7.54. The van der Waals surface area contributed by atoms with Gasteiger partial charge >= 0.3 is 0 Å². The van der Waals surface area contributed by atoms with Gasteiger partial charge in [-0.1, -0.05) is 17.7 Å². The van der Waals surface area contributed by atoms with Crippen LogP contribution in [0, 0.1) is 5.92 Å². The number of ether oxygens (including phenoxy) is 1. The number of aliphatic imine (C=N–C) groups is 1. The van der Waals surface area contributed by atoms with Crippen molar-refractivity contribution in [1.82, 2.24) is 15.1 Å². The molecule has 7 heteroatoms. The number of hydrogen-bond acceptors (Lipinski definition) is 4. The third kappa shape index (κ3) is 5.27. The zero-order valence-electron chi connectivity index (χ0n) is 16.7. The Morgan fingerprint density at radius 1 is 1.33 bits per heavy atom. The highest BCUT2D eigenvalue weighted by molar-refractivity contribution is 6.31. The van der Waals surface area contributed by atoms with Crippen molar-refractivity contribution in [2.75, 3.05) is 72.0 Å². The monoisotopic (exact) mass is 393 g/mol. The van der Waals surface area contributed by atoms with Crippen molar-refractivity contribution in [3.8, 4) is 0 Å². The molecule has 0 aliphatic carbocycles. The normalized spacial score (nSPS) is 21.6.